The molecule has 0 heterocycles. The summed E-state index contributed by atoms with van der Waals surface area (Å²) < 4.78 is 5.11. The average molecular weight is 191 g/mol. The van der Waals surface area contributed by atoms with Gasteiger partial charge in [0.05, 0.1) is 7.11 Å². The van der Waals surface area contributed by atoms with E-state index >= 15 is 0 Å². The summed E-state index contributed by atoms with van der Waals surface area (Å²) in [5.74, 6) is 0.916. The molecule has 1 saturated carbocycles. The smallest absolute Gasteiger partial charge is 0.118 e. The van der Waals surface area contributed by atoms with Crippen LogP contribution in [0.2, 0.25) is 0 Å². The standard InChI is InChI=1S/C12H17NO/c1-12(8-11(12)13)7-9-3-5-10(14-2)6-4-9/h3-6,11H,7-8,13H2,1-2H3/t11-,12+/m1/s1. The minimum atomic E-state index is 0.342. The van der Waals surface area contributed by atoms with Crippen molar-refractivity contribution in [2.45, 2.75) is 25.8 Å². The predicted octanol–water partition coefficient (Wildman–Crippen LogP) is 1.97. The number of rotatable bonds is 3. The predicted molar refractivity (Wildman–Crippen MR) is 57.4 cm³/mol. The number of methoxy groups -OCH3 is 1. The van der Waals surface area contributed by atoms with Gasteiger partial charge >= 0.3 is 0 Å². The Bertz CT molecular complexity index is 320. The number of nitrogens with two attached hydrogens (primary N) is 1. The zero-order chi connectivity index (χ0) is 10.2. The molecular weight excluding hydrogens is 174 g/mol. The lowest BCUT2D eigenvalue weighted by molar-refractivity contribution is 0.414. The summed E-state index contributed by atoms with van der Waals surface area (Å²) in [5, 5.41) is 0. The minimum absolute atomic E-state index is 0.342. The van der Waals surface area contributed by atoms with Gasteiger partial charge in [-0.1, -0.05) is 19.1 Å². The second-order valence-electron chi connectivity index (χ2n) is 4.49. The first-order valence-electron chi connectivity index (χ1n) is 5.02. The molecule has 1 fully saturated rings. The van der Waals surface area contributed by atoms with Gasteiger partial charge in [-0.05, 0) is 36.0 Å². The van der Waals surface area contributed by atoms with Crippen molar-refractivity contribution in [1.29, 1.82) is 0 Å². The summed E-state index contributed by atoms with van der Waals surface area (Å²) in [5.41, 5.74) is 7.57. The molecule has 2 heteroatoms. The molecule has 1 aromatic rings. The largest absolute Gasteiger partial charge is 0.497 e. The Kier molecular flexibility index (Phi) is 2.23. The van der Waals surface area contributed by atoms with Crippen LogP contribution in [0.25, 0.3) is 0 Å². The van der Waals surface area contributed by atoms with Crippen LogP contribution in [0.4, 0.5) is 0 Å². The van der Waals surface area contributed by atoms with Crippen LogP contribution in [-0.2, 0) is 6.42 Å². The second kappa shape index (κ2) is 3.28. The lowest BCUT2D eigenvalue weighted by atomic mass is 9.98. The van der Waals surface area contributed by atoms with E-state index in [9.17, 15) is 0 Å². The van der Waals surface area contributed by atoms with E-state index in [-0.39, 0.29) is 0 Å². The molecule has 0 unspecified atom stereocenters. The van der Waals surface area contributed by atoms with Crippen LogP contribution in [0, 0.1) is 5.41 Å². The molecule has 0 aliphatic heterocycles. The summed E-state index contributed by atoms with van der Waals surface area (Å²) in [6, 6.07) is 8.65. The fourth-order valence-electron chi connectivity index (χ4n) is 1.86. The SMILES string of the molecule is COc1ccc(C[C@@]2(C)C[C@H]2N)cc1. The number of benzene rings is 1. The summed E-state index contributed by atoms with van der Waals surface area (Å²) in [6.45, 7) is 2.25. The van der Waals surface area contributed by atoms with Crippen LogP contribution in [-0.4, -0.2) is 13.2 Å². The molecule has 0 saturated heterocycles. The maximum absolute atomic E-state index is 5.88. The third-order valence-electron chi connectivity index (χ3n) is 3.19. The van der Waals surface area contributed by atoms with Crippen molar-refractivity contribution in [2.24, 2.45) is 11.1 Å². The molecule has 0 bridgehead atoms. The summed E-state index contributed by atoms with van der Waals surface area (Å²) in [7, 11) is 1.69. The molecule has 1 aromatic carbocycles. The van der Waals surface area contributed by atoms with E-state index in [0.29, 0.717) is 11.5 Å². The Morgan fingerprint density at radius 1 is 1.43 bits per heavy atom. The monoisotopic (exact) mass is 191 g/mol. The lowest BCUT2D eigenvalue weighted by Gasteiger charge is -2.09. The molecule has 0 spiro atoms. The van der Waals surface area contributed by atoms with Crippen LogP contribution in [0.1, 0.15) is 18.9 Å². The third kappa shape index (κ3) is 1.75. The summed E-state index contributed by atoms with van der Waals surface area (Å²) in [6.07, 6.45) is 2.23. The van der Waals surface area contributed by atoms with Crippen LogP contribution in [0.3, 0.4) is 0 Å². The fraction of sp³-hybridized carbons (Fsp3) is 0.500. The topological polar surface area (TPSA) is 35.2 Å². The van der Waals surface area contributed by atoms with Gasteiger partial charge in [-0.3, -0.25) is 0 Å². The van der Waals surface area contributed by atoms with E-state index in [1.165, 1.54) is 5.56 Å². The van der Waals surface area contributed by atoms with Gasteiger partial charge in [0.1, 0.15) is 5.75 Å². The maximum Gasteiger partial charge on any atom is 0.118 e. The molecule has 0 radical (unpaired) electrons. The van der Waals surface area contributed by atoms with Crippen molar-refractivity contribution in [1.82, 2.24) is 0 Å². The van der Waals surface area contributed by atoms with Gasteiger partial charge < -0.3 is 10.5 Å². The normalized spacial score (nSPS) is 30.1. The van der Waals surface area contributed by atoms with Gasteiger partial charge in [0.2, 0.25) is 0 Å². The van der Waals surface area contributed by atoms with Crippen molar-refractivity contribution in [2.75, 3.05) is 7.11 Å². The highest BCUT2D eigenvalue weighted by Gasteiger charge is 2.46. The molecule has 14 heavy (non-hydrogen) atoms. The van der Waals surface area contributed by atoms with Crippen LogP contribution >= 0.6 is 0 Å². The van der Waals surface area contributed by atoms with E-state index in [1.54, 1.807) is 7.11 Å². The molecule has 2 atom stereocenters. The van der Waals surface area contributed by atoms with E-state index < -0.39 is 0 Å². The van der Waals surface area contributed by atoms with Gasteiger partial charge in [-0.15, -0.1) is 0 Å². The second-order valence-corrected chi connectivity index (χ2v) is 4.49. The van der Waals surface area contributed by atoms with E-state index in [2.05, 4.69) is 19.1 Å². The molecule has 76 valence electrons. The van der Waals surface area contributed by atoms with E-state index in [1.807, 2.05) is 12.1 Å². The Morgan fingerprint density at radius 3 is 2.43 bits per heavy atom. The molecule has 2 nitrogen and oxygen atoms in total. The van der Waals surface area contributed by atoms with Crippen molar-refractivity contribution in [3.63, 3.8) is 0 Å². The molecular formula is C12H17NO. The third-order valence-corrected chi connectivity index (χ3v) is 3.19. The van der Waals surface area contributed by atoms with Crippen molar-refractivity contribution in [3.8, 4) is 5.75 Å². The Morgan fingerprint density at radius 2 is 2.00 bits per heavy atom. The number of hydrogen-bond acceptors (Lipinski definition) is 2. The van der Waals surface area contributed by atoms with Crippen LogP contribution in [0.5, 0.6) is 5.75 Å². The highest BCUT2D eigenvalue weighted by Crippen LogP contribution is 2.46. The van der Waals surface area contributed by atoms with Crippen molar-refractivity contribution in [3.05, 3.63) is 29.8 Å². The highest BCUT2D eigenvalue weighted by atomic mass is 16.5. The van der Waals surface area contributed by atoms with Crippen molar-refractivity contribution >= 4 is 0 Å². The molecule has 2 rings (SSSR count). The molecule has 0 aromatic heterocycles. The number of hydrogen-bond donors (Lipinski definition) is 1. The van der Waals surface area contributed by atoms with Crippen LogP contribution < -0.4 is 10.5 Å². The quantitative estimate of drug-likeness (QED) is 0.792. The summed E-state index contributed by atoms with van der Waals surface area (Å²) in [4.78, 5) is 0. The van der Waals surface area contributed by atoms with Crippen molar-refractivity contribution < 1.29 is 4.74 Å². The Labute approximate surface area is 85.1 Å². The Balaban J connectivity index is 2.04. The molecule has 0 amide bonds. The van der Waals surface area contributed by atoms with Gasteiger partial charge in [0.25, 0.3) is 0 Å². The highest BCUT2D eigenvalue weighted by molar-refractivity contribution is 5.29. The molecule has 1 aliphatic carbocycles. The van der Waals surface area contributed by atoms with E-state index in [4.69, 9.17) is 10.5 Å². The zero-order valence-corrected chi connectivity index (χ0v) is 8.79. The first-order chi connectivity index (χ1) is 6.64. The van der Waals surface area contributed by atoms with Gasteiger partial charge in [-0.25, -0.2) is 0 Å². The number of ether oxygens (including phenoxy) is 1. The van der Waals surface area contributed by atoms with Crippen LogP contribution in [0.15, 0.2) is 24.3 Å². The average Bonchev–Trinajstić information content (AvgIpc) is 2.75. The van der Waals surface area contributed by atoms with Gasteiger partial charge in [0.15, 0.2) is 0 Å². The summed E-state index contributed by atoms with van der Waals surface area (Å²) >= 11 is 0. The Hall–Kier alpha value is -1.02. The van der Waals surface area contributed by atoms with Gasteiger partial charge in [0, 0.05) is 6.04 Å². The first kappa shape index (κ1) is 9.53. The zero-order valence-electron chi connectivity index (χ0n) is 8.79. The fourth-order valence-corrected chi connectivity index (χ4v) is 1.86. The minimum Gasteiger partial charge on any atom is -0.497 e. The van der Waals surface area contributed by atoms with E-state index in [0.717, 1.165) is 18.6 Å². The lowest BCUT2D eigenvalue weighted by Crippen LogP contribution is -2.12. The first-order valence-corrected chi connectivity index (χ1v) is 5.02. The molecule has 2 N–H and O–H groups in total. The maximum atomic E-state index is 5.88. The molecule has 1 aliphatic rings. The van der Waals surface area contributed by atoms with Gasteiger partial charge in [-0.2, -0.15) is 0 Å².